The number of carbonyl (C=O) groups excluding carboxylic acids is 1. The zero-order chi connectivity index (χ0) is 9.90. The molecule has 0 bridgehead atoms. The second-order valence-electron chi connectivity index (χ2n) is 4.51. The van der Waals surface area contributed by atoms with Crippen LogP contribution in [0.25, 0.3) is 0 Å². The number of hydrogen-bond acceptors (Lipinski definition) is 1. The normalized spacial score (nSPS) is 23.6. The van der Waals surface area contributed by atoms with Crippen LogP contribution in [0, 0.1) is 5.92 Å². The van der Waals surface area contributed by atoms with Crippen molar-refractivity contribution < 1.29 is 4.79 Å². The van der Waals surface area contributed by atoms with Gasteiger partial charge in [0.25, 0.3) is 0 Å². The van der Waals surface area contributed by atoms with E-state index in [0.717, 1.165) is 12.8 Å². The molecule has 1 N–H and O–H groups in total. The molecule has 0 unspecified atom stereocenters. The number of hydrogen-bond donors (Lipinski definition) is 1. The third kappa shape index (κ3) is 2.58. The fraction of sp³-hybridized carbons (Fsp3) is 0.727. The first-order valence-corrected chi connectivity index (χ1v) is 4.93. The van der Waals surface area contributed by atoms with Crippen molar-refractivity contribution in [2.45, 2.75) is 45.6 Å². The van der Waals surface area contributed by atoms with E-state index in [4.69, 9.17) is 0 Å². The van der Waals surface area contributed by atoms with Crippen molar-refractivity contribution in [3.05, 3.63) is 11.6 Å². The van der Waals surface area contributed by atoms with E-state index in [-0.39, 0.29) is 5.54 Å². The Kier molecular flexibility index (Phi) is 3.12. The van der Waals surface area contributed by atoms with Gasteiger partial charge >= 0.3 is 0 Å². The highest BCUT2D eigenvalue weighted by molar-refractivity contribution is 5.47. The SMILES string of the molecule is CC1=CC[C@@H](C(C)(C)NC=O)CC1. The Morgan fingerprint density at radius 3 is 2.77 bits per heavy atom. The number of allylic oxidation sites excluding steroid dienone is 2. The van der Waals surface area contributed by atoms with E-state index in [1.165, 1.54) is 18.4 Å². The molecule has 0 heterocycles. The van der Waals surface area contributed by atoms with Crippen LogP contribution >= 0.6 is 0 Å². The van der Waals surface area contributed by atoms with Crippen LogP contribution in [0.1, 0.15) is 40.0 Å². The minimum absolute atomic E-state index is 0.0566. The van der Waals surface area contributed by atoms with Crippen molar-refractivity contribution in [3.63, 3.8) is 0 Å². The molecule has 2 nitrogen and oxygen atoms in total. The van der Waals surface area contributed by atoms with Crippen LogP contribution in [-0.2, 0) is 4.79 Å². The number of rotatable bonds is 3. The van der Waals surface area contributed by atoms with Gasteiger partial charge in [0.05, 0.1) is 0 Å². The number of carbonyl (C=O) groups is 1. The van der Waals surface area contributed by atoms with E-state index < -0.39 is 0 Å². The van der Waals surface area contributed by atoms with Crippen LogP contribution in [-0.4, -0.2) is 11.9 Å². The zero-order valence-corrected chi connectivity index (χ0v) is 8.76. The predicted octanol–water partition coefficient (Wildman–Crippen LogP) is 2.26. The summed E-state index contributed by atoms with van der Waals surface area (Å²) in [7, 11) is 0. The molecular formula is C11H19NO. The van der Waals surface area contributed by atoms with Crippen molar-refractivity contribution in [2.75, 3.05) is 0 Å². The van der Waals surface area contributed by atoms with Crippen LogP contribution < -0.4 is 5.32 Å². The highest BCUT2D eigenvalue weighted by Gasteiger charge is 2.29. The van der Waals surface area contributed by atoms with Crippen LogP contribution in [0.15, 0.2) is 11.6 Å². The summed E-state index contributed by atoms with van der Waals surface area (Å²) in [5.41, 5.74) is 1.43. The van der Waals surface area contributed by atoms with Gasteiger partial charge in [0, 0.05) is 5.54 Å². The first-order chi connectivity index (χ1) is 6.06. The lowest BCUT2D eigenvalue weighted by atomic mass is 9.78. The van der Waals surface area contributed by atoms with E-state index in [9.17, 15) is 4.79 Å². The average Bonchev–Trinajstić information content (AvgIpc) is 2.05. The maximum absolute atomic E-state index is 10.4. The second kappa shape index (κ2) is 3.95. The van der Waals surface area contributed by atoms with Crippen LogP contribution in [0.3, 0.4) is 0 Å². The molecule has 0 aromatic heterocycles. The van der Waals surface area contributed by atoms with E-state index in [1.54, 1.807) is 0 Å². The molecule has 1 aliphatic carbocycles. The Hall–Kier alpha value is -0.790. The van der Waals surface area contributed by atoms with Crippen molar-refractivity contribution in [3.8, 4) is 0 Å². The molecule has 1 rings (SSSR count). The standard InChI is InChI=1S/C11H19NO/c1-9-4-6-10(7-5-9)11(2,3)12-8-13/h4,8,10H,5-7H2,1-3H3,(H,12,13)/t10-/m1/s1. The average molecular weight is 181 g/mol. The molecule has 0 aromatic carbocycles. The molecule has 0 aromatic rings. The summed E-state index contributed by atoms with van der Waals surface area (Å²) in [6, 6.07) is 0. The number of amides is 1. The van der Waals surface area contributed by atoms with Crippen molar-refractivity contribution in [1.82, 2.24) is 5.32 Å². The molecule has 0 saturated heterocycles. The fourth-order valence-electron chi connectivity index (χ4n) is 1.89. The van der Waals surface area contributed by atoms with Gasteiger partial charge in [-0.2, -0.15) is 0 Å². The van der Waals surface area contributed by atoms with Gasteiger partial charge < -0.3 is 5.32 Å². The van der Waals surface area contributed by atoms with E-state index in [2.05, 4.69) is 32.2 Å². The monoisotopic (exact) mass is 181 g/mol. The molecule has 13 heavy (non-hydrogen) atoms. The van der Waals surface area contributed by atoms with E-state index in [1.807, 2.05) is 0 Å². The van der Waals surface area contributed by atoms with Gasteiger partial charge in [-0.15, -0.1) is 0 Å². The van der Waals surface area contributed by atoms with Crippen molar-refractivity contribution in [2.24, 2.45) is 5.92 Å². The molecule has 0 saturated carbocycles. The summed E-state index contributed by atoms with van der Waals surface area (Å²) in [6.07, 6.45) is 6.57. The summed E-state index contributed by atoms with van der Waals surface area (Å²) < 4.78 is 0. The molecule has 0 spiro atoms. The van der Waals surface area contributed by atoms with Gasteiger partial charge in [-0.25, -0.2) is 0 Å². The predicted molar refractivity (Wildman–Crippen MR) is 54.4 cm³/mol. The molecule has 2 heteroatoms. The number of nitrogens with one attached hydrogen (secondary N) is 1. The first kappa shape index (κ1) is 10.3. The molecule has 1 amide bonds. The third-order valence-corrected chi connectivity index (χ3v) is 3.09. The molecule has 0 aliphatic heterocycles. The Morgan fingerprint density at radius 2 is 2.31 bits per heavy atom. The lowest BCUT2D eigenvalue weighted by molar-refractivity contribution is -0.111. The maximum atomic E-state index is 10.4. The summed E-state index contributed by atoms with van der Waals surface area (Å²) in [6.45, 7) is 6.37. The molecular weight excluding hydrogens is 162 g/mol. The second-order valence-corrected chi connectivity index (χ2v) is 4.51. The van der Waals surface area contributed by atoms with E-state index in [0.29, 0.717) is 5.92 Å². The molecule has 74 valence electrons. The van der Waals surface area contributed by atoms with Gasteiger partial charge in [-0.05, 0) is 46.0 Å². The van der Waals surface area contributed by atoms with Gasteiger partial charge in [-0.1, -0.05) is 11.6 Å². The largest absolute Gasteiger partial charge is 0.354 e. The quantitative estimate of drug-likeness (QED) is 0.525. The van der Waals surface area contributed by atoms with Gasteiger partial charge in [-0.3, -0.25) is 4.79 Å². The van der Waals surface area contributed by atoms with Crippen LogP contribution in [0.5, 0.6) is 0 Å². The van der Waals surface area contributed by atoms with Crippen molar-refractivity contribution >= 4 is 6.41 Å². The van der Waals surface area contributed by atoms with Crippen molar-refractivity contribution in [1.29, 1.82) is 0 Å². The van der Waals surface area contributed by atoms with Gasteiger partial charge in [0.2, 0.25) is 6.41 Å². The van der Waals surface area contributed by atoms with Crippen LogP contribution in [0.4, 0.5) is 0 Å². The summed E-state index contributed by atoms with van der Waals surface area (Å²) in [5, 5.41) is 2.90. The highest BCUT2D eigenvalue weighted by Crippen LogP contribution is 2.31. The third-order valence-electron chi connectivity index (χ3n) is 3.09. The van der Waals surface area contributed by atoms with Gasteiger partial charge in [0.15, 0.2) is 0 Å². The Bertz CT molecular complexity index is 218. The molecule has 1 atom stereocenters. The lowest BCUT2D eigenvalue weighted by Crippen LogP contribution is -2.45. The minimum Gasteiger partial charge on any atom is -0.354 e. The van der Waals surface area contributed by atoms with Crippen LogP contribution in [0.2, 0.25) is 0 Å². The molecule has 0 fully saturated rings. The van der Waals surface area contributed by atoms with Gasteiger partial charge in [0.1, 0.15) is 0 Å². The minimum atomic E-state index is -0.0566. The summed E-state index contributed by atoms with van der Waals surface area (Å²) >= 11 is 0. The highest BCUT2D eigenvalue weighted by atomic mass is 16.1. The molecule has 1 aliphatic rings. The maximum Gasteiger partial charge on any atom is 0.207 e. The lowest BCUT2D eigenvalue weighted by Gasteiger charge is -2.35. The Labute approximate surface area is 80.4 Å². The molecule has 0 radical (unpaired) electrons. The Balaban J connectivity index is 2.58. The topological polar surface area (TPSA) is 29.1 Å². The van der Waals surface area contributed by atoms with E-state index >= 15 is 0 Å². The zero-order valence-electron chi connectivity index (χ0n) is 8.76. The smallest absolute Gasteiger partial charge is 0.207 e. The fourth-order valence-corrected chi connectivity index (χ4v) is 1.89. The first-order valence-electron chi connectivity index (χ1n) is 4.93. The summed E-state index contributed by atoms with van der Waals surface area (Å²) in [5.74, 6) is 0.585. The Morgan fingerprint density at radius 1 is 1.62 bits per heavy atom. The summed E-state index contributed by atoms with van der Waals surface area (Å²) in [4.78, 5) is 10.4.